The highest BCUT2D eigenvalue weighted by atomic mass is 32.2. The molecule has 0 saturated carbocycles. The van der Waals surface area contributed by atoms with Gasteiger partial charge in [-0.1, -0.05) is 20.8 Å². The first-order valence-corrected chi connectivity index (χ1v) is 6.51. The Balaban J connectivity index is 2.95. The lowest BCUT2D eigenvalue weighted by Crippen LogP contribution is -2.10. The van der Waals surface area contributed by atoms with E-state index in [-0.39, 0.29) is 11.9 Å². The van der Waals surface area contributed by atoms with Gasteiger partial charge in [0.25, 0.3) is 0 Å². The van der Waals surface area contributed by atoms with Gasteiger partial charge in [0, 0.05) is 16.2 Å². The fraction of sp³-hybridized carbons (Fsp3) is 0.538. The minimum atomic E-state index is -0.214. The highest BCUT2D eigenvalue weighted by molar-refractivity contribution is 8.00. The van der Waals surface area contributed by atoms with Gasteiger partial charge in [0.05, 0.1) is 0 Å². The van der Waals surface area contributed by atoms with E-state index in [0.717, 1.165) is 10.5 Å². The van der Waals surface area contributed by atoms with Gasteiger partial charge in [-0.3, -0.25) is 0 Å². The normalized spacial score (nSPS) is 15.2. The zero-order chi connectivity index (χ0) is 12.3. The SMILES string of the molecule is CC(C)C(C)Sc1ccc(F)cc1[C@@H](C)N. The monoisotopic (exact) mass is 241 g/mol. The largest absolute Gasteiger partial charge is 0.324 e. The van der Waals surface area contributed by atoms with Crippen LogP contribution in [0.4, 0.5) is 4.39 Å². The predicted octanol–water partition coefficient (Wildman–Crippen LogP) is 3.98. The summed E-state index contributed by atoms with van der Waals surface area (Å²) in [5.41, 5.74) is 6.76. The second-order valence-electron chi connectivity index (χ2n) is 4.54. The third-order valence-electron chi connectivity index (χ3n) is 2.71. The van der Waals surface area contributed by atoms with Crippen molar-refractivity contribution >= 4 is 11.8 Å². The van der Waals surface area contributed by atoms with E-state index in [1.165, 1.54) is 6.07 Å². The number of nitrogens with two attached hydrogens (primary N) is 1. The Bertz CT molecular complexity index is 350. The van der Waals surface area contributed by atoms with Crippen LogP contribution < -0.4 is 5.73 Å². The van der Waals surface area contributed by atoms with Gasteiger partial charge in [-0.05, 0) is 36.6 Å². The van der Waals surface area contributed by atoms with Crippen molar-refractivity contribution in [2.75, 3.05) is 0 Å². The number of hydrogen-bond acceptors (Lipinski definition) is 2. The molecular formula is C13H20FNS. The quantitative estimate of drug-likeness (QED) is 0.807. The molecule has 0 bridgehead atoms. The number of benzene rings is 1. The molecule has 90 valence electrons. The van der Waals surface area contributed by atoms with Crippen LogP contribution in [0.2, 0.25) is 0 Å². The van der Waals surface area contributed by atoms with Crippen molar-refractivity contribution in [3.05, 3.63) is 29.6 Å². The first kappa shape index (κ1) is 13.5. The highest BCUT2D eigenvalue weighted by Gasteiger charge is 2.14. The van der Waals surface area contributed by atoms with Gasteiger partial charge >= 0.3 is 0 Å². The lowest BCUT2D eigenvalue weighted by molar-refractivity contribution is 0.618. The molecule has 1 aromatic carbocycles. The number of hydrogen-bond donors (Lipinski definition) is 1. The van der Waals surface area contributed by atoms with Crippen LogP contribution in [-0.4, -0.2) is 5.25 Å². The molecule has 3 heteroatoms. The summed E-state index contributed by atoms with van der Waals surface area (Å²) in [6, 6.07) is 4.75. The Labute approximate surface area is 102 Å². The van der Waals surface area contributed by atoms with E-state index in [4.69, 9.17) is 5.73 Å². The molecule has 0 aliphatic carbocycles. The molecule has 0 heterocycles. The minimum Gasteiger partial charge on any atom is -0.324 e. The van der Waals surface area contributed by atoms with Crippen LogP contribution in [-0.2, 0) is 0 Å². The van der Waals surface area contributed by atoms with Crippen LogP contribution in [0.3, 0.4) is 0 Å². The fourth-order valence-electron chi connectivity index (χ4n) is 1.32. The average molecular weight is 241 g/mol. The molecule has 0 radical (unpaired) electrons. The first-order valence-electron chi connectivity index (χ1n) is 5.63. The molecule has 0 aliphatic rings. The second kappa shape index (κ2) is 5.69. The summed E-state index contributed by atoms with van der Waals surface area (Å²) in [5, 5.41) is 0.503. The van der Waals surface area contributed by atoms with E-state index in [0.29, 0.717) is 11.2 Å². The highest BCUT2D eigenvalue weighted by Crippen LogP contribution is 2.33. The van der Waals surface area contributed by atoms with Gasteiger partial charge in [0.2, 0.25) is 0 Å². The summed E-state index contributed by atoms with van der Waals surface area (Å²) < 4.78 is 13.1. The molecule has 0 amide bonds. The van der Waals surface area contributed by atoms with Crippen molar-refractivity contribution in [2.45, 2.75) is 43.9 Å². The molecule has 1 aromatic rings. The summed E-state index contributed by atoms with van der Waals surface area (Å²) in [4.78, 5) is 1.10. The van der Waals surface area contributed by atoms with Gasteiger partial charge in [0.1, 0.15) is 5.82 Å². The van der Waals surface area contributed by atoms with Crippen LogP contribution in [0.1, 0.15) is 39.3 Å². The van der Waals surface area contributed by atoms with Crippen LogP contribution in [0.5, 0.6) is 0 Å². The van der Waals surface area contributed by atoms with Crippen molar-refractivity contribution < 1.29 is 4.39 Å². The maximum atomic E-state index is 13.1. The Morgan fingerprint density at radius 2 is 1.81 bits per heavy atom. The average Bonchev–Trinajstić information content (AvgIpc) is 2.20. The first-order chi connectivity index (χ1) is 7.41. The third-order valence-corrected chi connectivity index (χ3v) is 4.26. The maximum absolute atomic E-state index is 13.1. The van der Waals surface area contributed by atoms with E-state index in [2.05, 4.69) is 20.8 Å². The van der Waals surface area contributed by atoms with Crippen molar-refractivity contribution in [3.63, 3.8) is 0 Å². The Morgan fingerprint density at radius 3 is 2.31 bits per heavy atom. The van der Waals surface area contributed by atoms with E-state index in [1.807, 2.05) is 13.0 Å². The Kier molecular flexibility index (Phi) is 4.81. The van der Waals surface area contributed by atoms with Crippen molar-refractivity contribution in [2.24, 2.45) is 11.7 Å². The lowest BCUT2D eigenvalue weighted by Gasteiger charge is -2.18. The van der Waals surface area contributed by atoms with Gasteiger partial charge in [-0.2, -0.15) is 0 Å². The topological polar surface area (TPSA) is 26.0 Å². The van der Waals surface area contributed by atoms with Crippen LogP contribution >= 0.6 is 11.8 Å². The summed E-state index contributed by atoms with van der Waals surface area (Å²) in [6.07, 6.45) is 0. The molecule has 0 fully saturated rings. The summed E-state index contributed by atoms with van der Waals surface area (Å²) in [6.45, 7) is 8.45. The van der Waals surface area contributed by atoms with Gasteiger partial charge in [0.15, 0.2) is 0 Å². The Morgan fingerprint density at radius 1 is 1.19 bits per heavy atom. The molecule has 2 N–H and O–H groups in total. The third kappa shape index (κ3) is 3.49. The molecule has 1 unspecified atom stereocenters. The zero-order valence-electron chi connectivity index (χ0n) is 10.3. The van der Waals surface area contributed by atoms with Gasteiger partial charge in [-0.15, -0.1) is 11.8 Å². The van der Waals surface area contributed by atoms with Gasteiger partial charge in [-0.25, -0.2) is 4.39 Å². The van der Waals surface area contributed by atoms with Crippen molar-refractivity contribution in [3.8, 4) is 0 Å². The van der Waals surface area contributed by atoms with Gasteiger partial charge < -0.3 is 5.73 Å². The van der Waals surface area contributed by atoms with E-state index >= 15 is 0 Å². The number of halogens is 1. The molecule has 0 aliphatic heterocycles. The fourth-order valence-corrected chi connectivity index (χ4v) is 2.52. The molecule has 1 nitrogen and oxygen atoms in total. The van der Waals surface area contributed by atoms with Crippen LogP contribution in [0.25, 0.3) is 0 Å². The molecule has 2 atom stereocenters. The number of rotatable bonds is 4. The smallest absolute Gasteiger partial charge is 0.123 e. The molecular weight excluding hydrogens is 221 g/mol. The van der Waals surface area contributed by atoms with Crippen molar-refractivity contribution in [1.82, 2.24) is 0 Å². The minimum absolute atomic E-state index is 0.127. The summed E-state index contributed by atoms with van der Waals surface area (Å²) >= 11 is 1.77. The van der Waals surface area contributed by atoms with Crippen molar-refractivity contribution in [1.29, 1.82) is 0 Å². The van der Waals surface area contributed by atoms with Crippen LogP contribution in [0.15, 0.2) is 23.1 Å². The van der Waals surface area contributed by atoms with E-state index in [1.54, 1.807) is 17.8 Å². The molecule has 0 spiro atoms. The predicted molar refractivity (Wildman–Crippen MR) is 69.2 cm³/mol. The maximum Gasteiger partial charge on any atom is 0.123 e. The molecule has 0 aromatic heterocycles. The zero-order valence-corrected chi connectivity index (χ0v) is 11.1. The molecule has 0 saturated heterocycles. The van der Waals surface area contributed by atoms with E-state index < -0.39 is 0 Å². The molecule has 16 heavy (non-hydrogen) atoms. The standard InChI is InChI=1S/C13H20FNS/c1-8(2)10(4)16-13-6-5-11(14)7-12(13)9(3)15/h5-10H,15H2,1-4H3/t9-,10?/m1/s1. The molecule has 1 rings (SSSR count). The summed E-state index contributed by atoms with van der Waals surface area (Å²) in [5.74, 6) is 0.379. The van der Waals surface area contributed by atoms with Crippen LogP contribution in [0, 0.1) is 11.7 Å². The lowest BCUT2D eigenvalue weighted by atomic mass is 10.1. The second-order valence-corrected chi connectivity index (χ2v) is 5.96. The summed E-state index contributed by atoms with van der Waals surface area (Å²) in [7, 11) is 0. The Hall–Kier alpha value is -0.540. The number of thioether (sulfide) groups is 1. The van der Waals surface area contributed by atoms with E-state index in [9.17, 15) is 4.39 Å².